The predicted molar refractivity (Wildman–Crippen MR) is 53.3 cm³/mol. The highest BCUT2D eigenvalue weighted by Crippen LogP contribution is 2.13. The Morgan fingerprint density at radius 2 is 1.80 bits per heavy atom. The van der Waals surface area contributed by atoms with Crippen LogP contribution in [-0.2, 0) is 0 Å². The van der Waals surface area contributed by atoms with Crippen LogP contribution in [-0.4, -0.2) is 5.88 Å². The molecule has 1 aromatic rings. The smallest absolute Gasteiger partial charge is 0.142 e. The van der Waals surface area contributed by atoms with Gasteiger partial charge >= 0.3 is 0 Å². The molecule has 0 unspecified atom stereocenters. The zero-order valence-electron chi connectivity index (χ0n) is 7.65. The largest absolute Gasteiger partial charge is 0.206 e. The van der Waals surface area contributed by atoms with E-state index < -0.39 is 11.6 Å². The fraction of sp³-hybridized carbons (Fsp3) is 0.182. The second kappa shape index (κ2) is 5.34. The minimum absolute atomic E-state index is 0.0587. The van der Waals surface area contributed by atoms with E-state index >= 15 is 0 Å². The van der Waals surface area contributed by atoms with Gasteiger partial charge in [-0.15, -0.1) is 11.6 Å². The molecule has 1 rings (SSSR count). The van der Waals surface area contributed by atoms with Crippen LogP contribution in [0.25, 0.3) is 0 Å². The molecule has 0 heterocycles. The van der Waals surface area contributed by atoms with Gasteiger partial charge in [0.05, 0.1) is 11.1 Å². The Hall–Kier alpha value is -1.58. The van der Waals surface area contributed by atoms with E-state index in [2.05, 4.69) is 11.8 Å². The van der Waals surface area contributed by atoms with Crippen molar-refractivity contribution in [3.8, 4) is 17.9 Å². The van der Waals surface area contributed by atoms with Crippen LogP contribution in [0, 0.1) is 34.8 Å². The number of hydrogen-bond donors (Lipinski definition) is 0. The molecule has 0 atom stereocenters. The van der Waals surface area contributed by atoms with Gasteiger partial charge in [-0.1, -0.05) is 11.8 Å². The summed E-state index contributed by atoms with van der Waals surface area (Å²) in [6.45, 7) is 0. The maximum absolute atomic E-state index is 13.2. The first-order valence-corrected chi connectivity index (χ1v) is 4.66. The Balaban J connectivity index is 3.08. The van der Waals surface area contributed by atoms with Crippen LogP contribution in [0.5, 0.6) is 0 Å². The van der Waals surface area contributed by atoms with Crippen LogP contribution in [0.4, 0.5) is 8.78 Å². The molecule has 0 aliphatic rings. The van der Waals surface area contributed by atoms with Crippen LogP contribution in [0.15, 0.2) is 12.1 Å². The average molecular weight is 226 g/mol. The summed E-state index contributed by atoms with van der Waals surface area (Å²) >= 11 is 5.37. The molecule has 15 heavy (non-hydrogen) atoms. The summed E-state index contributed by atoms with van der Waals surface area (Å²) in [4.78, 5) is 0. The highest BCUT2D eigenvalue weighted by molar-refractivity contribution is 6.18. The van der Waals surface area contributed by atoms with Crippen molar-refractivity contribution >= 4 is 11.6 Å². The molecule has 0 saturated carbocycles. The Bertz CT molecular complexity index is 466. The summed E-state index contributed by atoms with van der Waals surface area (Å²) in [7, 11) is 0. The molecule has 0 aliphatic heterocycles. The van der Waals surface area contributed by atoms with Crippen molar-refractivity contribution < 1.29 is 8.78 Å². The fourth-order valence-corrected chi connectivity index (χ4v) is 1.03. The molecule has 76 valence electrons. The third kappa shape index (κ3) is 2.94. The molecule has 1 nitrogen and oxygen atoms in total. The van der Waals surface area contributed by atoms with Crippen LogP contribution in [0.2, 0.25) is 0 Å². The van der Waals surface area contributed by atoms with Crippen LogP contribution < -0.4 is 0 Å². The quantitative estimate of drug-likeness (QED) is 0.533. The molecule has 0 bridgehead atoms. The Kier molecular flexibility index (Phi) is 4.09. The standard InChI is InChI=1S/C11H6ClF2N/c12-4-2-1-3-8-5-11(14)9(7-15)6-10(8)13/h5-6H,2,4H2. The van der Waals surface area contributed by atoms with E-state index in [0.29, 0.717) is 12.3 Å². The first-order valence-electron chi connectivity index (χ1n) is 4.13. The van der Waals surface area contributed by atoms with Gasteiger partial charge in [0, 0.05) is 12.3 Å². The van der Waals surface area contributed by atoms with Gasteiger partial charge in [-0.2, -0.15) is 5.26 Å². The lowest BCUT2D eigenvalue weighted by Crippen LogP contribution is -1.91. The van der Waals surface area contributed by atoms with Crippen molar-refractivity contribution in [1.82, 2.24) is 0 Å². The fourth-order valence-electron chi connectivity index (χ4n) is 0.933. The highest BCUT2D eigenvalue weighted by Gasteiger charge is 2.07. The van der Waals surface area contributed by atoms with Crippen molar-refractivity contribution in [3.63, 3.8) is 0 Å². The number of hydrogen-bond acceptors (Lipinski definition) is 1. The van der Waals surface area contributed by atoms with Gasteiger partial charge in [0.1, 0.15) is 17.7 Å². The van der Waals surface area contributed by atoms with E-state index in [9.17, 15) is 8.78 Å². The highest BCUT2D eigenvalue weighted by atomic mass is 35.5. The van der Waals surface area contributed by atoms with E-state index in [1.807, 2.05) is 0 Å². The monoisotopic (exact) mass is 225 g/mol. The van der Waals surface area contributed by atoms with Crippen molar-refractivity contribution in [2.24, 2.45) is 0 Å². The molecule has 0 amide bonds. The summed E-state index contributed by atoms with van der Waals surface area (Å²) in [5.41, 5.74) is -0.382. The SMILES string of the molecule is N#Cc1cc(F)c(C#CCCCl)cc1F. The number of benzene rings is 1. The lowest BCUT2D eigenvalue weighted by molar-refractivity contribution is 0.594. The zero-order valence-corrected chi connectivity index (χ0v) is 8.41. The van der Waals surface area contributed by atoms with E-state index in [-0.39, 0.29) is 11.1 Å². The second-order valence-corrected chi connectivity index (χ2v) is 3.04. The van der Waals surface area contributed by atoms with Gasteiger partial charge in [-0.05, 0) is 12.1 Å². The first kappa shape index (κ1) is 11.5. The molecule has 4 heteroatoms. The lowest BCUT2D eigenvalue weighted by Gasteiger charge is -1.96. The number of alkyl halides is 1. The summed E-state index contributed by atoms with van der Waals surface area (Å²) in [6.07, 6.45) is 0.405. The Labute approximate surface area is 91.3 Å². The summed E-state index contributed by atoms with van der Waals surface area (Å²) < 4.78 is 26.2. The molecule has 0 radical (unpaired) electrons. The number of nitrogens with zero attached hydrogens (tertiary/aromatic N) is 1. The molecule has 0 saturated heterocycles. The predicted octanol–water partition coefficient (Wildman–Crippen LogP) is 2.82. The lowest BCUT2D eigenvalue weighted by atomic mass is 10.1. The van der Waals surface area contributed by atoms with Gasteiger partial charge in [-0.25, -0.2) is 8.78 Å². The van der Waals surface area contributed by atoms with Crippen molar-refractivity contribution in [1.29, 1.82) is 5.26 Å². The minimum atomic E-state index is -0.769. The van der Waals surface area contributed by atoms with Gasteiger partial charge < -0.3 is 0 Å². The molecule has 0 aromatic heterocycles. The first-order chi connectivity index (χ1) is 7.19. The van der Waals surface area contributed by atoms with Crippen LogP contribution in [0.3, 0.4) is 0 Å². The topological polar surface area (TPSA) is 23.8 Å². The molecule has 0 aliphatic carbocycles. The number of nitriles is 1. The van der Waals surface area contributed by atoms with Crippen molar-refractivity contribution in [3.05, 3.63) is 34.9 Å². The molecular weight excluding hydrogens is 220 g/mol. The van der Waals surface area contributed by atoms with Crippen molar-refractivity contribution in [2.45, 2.75) is 6.42 Å². The summed E-state index contributed by atoms with van der Waals surface area (Å²) in [5.74, 6) is 3.90. The van der Waals surface area contributed by atoms with E-state index in [1.165, 1.54) is 0 Å². The molecule has 0 fully saturated rings. The molecular formula is C11H6ClF2N. The second-order valence-electron chi connectivity index (χ2n) is 2.66. The summed E-state index contributed by atoms with van der Waals surface area (Å²) in [6, 6.07) is 3.29. The Morgan fingerprint density at radius 1 is 1.20 bits per heavy atom. The third-order valence-corrected chi connectivity index (χ3v) is 1.81. The van der Waals surface area contributed by atoms with Crippen LogP contribution >= 0.6 is 11.6 Å². The van der Waals surface area contributed by atoms with E-state index in [4.69, 9.17) is 16.9 Å². The van der Waals surface area contributed by atoms with E-state index in [1.54, 1.807) is 6.07 Å². The van der Waals surface area contributed by atoms with E-state index in [0.717, 1.165) is 12.1 Å². The average Bonchev–Trinajstić information content (AvgIpc) is 2.23. The maximum atomic E-state index is 13.2. The van der Waals surface area contributed by atoms with Crippen LogP contribution in [0.1, 0.15) is 17.5 Å². The van der Waals surface area contributed by atoms with Gasteiger partial charge in [-0.3, -0.25) is 0 Å². The third-order valence-electron chi connectivity index (χ3n) is 1.62. The number of halogens is 3. The zero-order chi connectivity index (χ0) is 11.3. The minimum Gasteiger partial charge on any atom is -0.206 e. The number of rotatable bonds is 1. The normalized spacial score (nSPS) is 8.93. The van der Waals surface area contributed by atoms with Crippen molar-refractivity contribution in [2.75, 3.05) is 5.88 Å². The Morgan fingerprint density at radius 3 is 2.40 bits per heavy atom. The molecule has 0 spiro atoms. The van der Waals surface area contributed by atoms with Gasteiger partial charge in [0.2, 0.25) is 0 Å². The van der Waals surface area contributed by atoms with Gasteiger partial charge in [0.25, 0.3) is 0 Å². The molecule has 1 aromatic carbocycles. The maximum Gasteiger partial charge on any atom is 0.142 e. The molecule has 0 N–H and O–H groups in total. The van der Waals surface area contributed by atoms with Gasteiger partial charge in [0.15, 0.2) is 0 Å². The summed E-state index contributed by atoms with van der Waals surface area (Å²) in [5, 5.41) is 8.44.